The Hall–Kier alpha value is -1.86. The molecule has 0 spiro atoms. The molecule has 152 valence electrons. The van der Waals surface area contributed by atoms with E-state index in [1.165, 1.54) is 12.1 Å². The van der Waals surface area contributed by atoms with Crippen LogP contribution in [0, 0.1) is 5.92 Å². The maximum Gasteiger partial charge on any atom is 0.499 e. The largest absolute Gasteiger partial charge is 0.499 e. The molecule has 0 heterocycles. The monoisotopic (exact) mass is 394 g/mol. The Labute approximate surface area is 154 Å². The molecule has 0 unspecified atom stereocenters. The maximum absolute atomic E-state index is 13.0. The molecule has 1 aliphatic rings. The summed E-state index contributed by atoms with van der Waals surface area (Å²) in [6.45, 7) is 2.09. The van der Waals surface area contributed by atoms with Crippen molar-refractivity contribution < 1.29 is 36.6 Å². The van der Waals surface area contributed by atoms with Gasteiger partial charge in [-0.15, -0.1) is 0 Å². The van der Waals surface area contributed by atoms with Crippen LogP contribution in [0.4, 0.5) is 22.0 Å². The van der Waals surface area contributed by atoms with Gasteiger partial charge in [0.1, 0.15) is 5.75 Å². The lowest BCUT2D eigenvalue weighted by molar-refractivity contribution is -0.360. The highest BCUT2D eigenvalue weighted by Gasteiger charge is 2.61. The van der Waals surface area contributed by atoms with E-state index in [2.05, 4.69) is 11.7 Å². The molecular weight excluding hydrogens is 371 g/mol. The zero-order chi connectivity index (χ0) is 20.3. The summed E-state index contributed by atoms with van der Waals surface area (Å²) < 4.78 is 66.4. The van der Waals surface area contributed by atoms with E-state index in [1.807, 2.05) is 0 Å². The van der Waals surface area contributed by atoms with Crippen LogP contribution < -0.4 is 4.74 Å². The third kappa shape index (κ3) is 4.71. The van der Waals surface area contributed by atoms with Crippen LogP contribution in [0.25, 0.3) is 0 Å². The molecule has 0 bridgehead atoms. The van der Waals surface area contributed by atoms with Crippen LogP contribution in [0.5, 0.6) is 5.75 Å². The number of rotatable bonds is 7. The van der Waals surface area contributed by atoms with Gasteiger partial charge in [0.25, 0.3) is 0 Å². The second-order valence-electron chi connectivity index (χ2n) is 7.11. The van der Waals surface area contributed by atoms with Crippen LogP contribution in [-0.4, -0.2) is 23.4 Å². The number of carboxylic acids is 1. The second kappa shape index (κ2) is 8.02. The smallest absolute Gasteiger partial charge is 0.481 e. The van der Waals surface area contributed by atoms with Gasteiger partial charge in [0, 0.05) is 0 Å². The van der Waals surface area contributed by atoms with Crippen molar-refractivity contribution in [3.63, 3.8) is 0 Å². The average molecular weight is 394 g/mol. The summed E-state index contributed by atoms with van der Waals surface area (Å²) >= 11 is 0. The summed E-state index contributed by atoms with van der Waals surface area (Å²) in [6.07, 6.45) is -5.61. The molecule has 2 rings (SSSR count). The van der Waals surface area contributed by atoms with Crippen molar-refractivity contribution in [2.45, 2.75) is 69.6 Å². The maximum atomic E-state index is 13.0. The molecule has 1 aliphatic carbocycles. The third-order valence-electron chi connectivity index (χ3n) is 5.32. The Bertz CT molecular complexity index is 632. The molecular formula is C19H23F5O3. The summed E-state index contributed by atoms with van der Waals surface area (Å²) in [5, 5.41) is 9.77. The summed E-state index contributed by atoms with van der Waals surface area (Å²) in [7, 11) is 0. The highest BCUT2D eigenvalue weighted by molar-refractivity contribution is 5.81. The number of alkyl halides is 5. The quantitative estimate of drug-likeness (QED) is 0.584. The number of hydrogen-bond donors (Lipinski definition) is 1. The number of carbonyl (C=O) groups is 1. The molecule has 0 aliphatic heterocycles. The number of ether oxygens (including phenoxy) is 1. The van der Waals surface area contributed by atoms with Gasteiger partial charge in [0.05, 0.1) is 5.41 Å². The topological polar surface area (TPSA) is 46.5 Å². The molecule has 0 amide bonds. The Balaban J connectivity index is 2.15. The molecule has 3 nitrogen and oxygen atoms in total. The van der Waals surface area contributed by atoms with Crippen molar-refractivity contribution in [2.24, 2.45) is 5.92 Å². The van der Waals surface area contributed by atoms with Gasteiger partial charge in [-0.1, -0.05) is 38.3 Å². The summed E-state index contributed by atoms with van der Waals surface area (Å²) in [5.74, 6) is -1.21. The highest BCUT2D eigenvalue weighted by atomic mass is 19.4. The minimum atomic E-state index is -5.83. The fourth-order valence-corrected chi connectivity index (χ4v) is 3.63. The van der Waals surface area contributed by atoms with E-state index in [1.54, 1.807) is 0 Å². The Kier molecular flexibility index (Phi) is 6.37. The lowest BCUT2D eigenvalue weighted by Gasteiger charge is -2.37. The second-order valence-corrected chi connectivity index (χ2v) is 7.11. The van der Waals surface area contributed by atoms with Crippen molar-refractivity contribution in [3.8, 4) is 5.75 Å². The van der Waals surface area contributed by atoms with Gasteiger partial charge in [-0.3, -0.25) is 4.79 Å². The minimum Gasteiger partial charge on any atom is -0.481 e. The lowest BCUT2D eigenvalue weighted by atomic mass is 9.66. The molecule has 1 fully saturated rings. The Morgan fingerprint density at radius 3 is 2.15 bits per heavy atom. The van der Waals surface area contributed by atoms with E-state index in [9.17, 15) is 31.9 Å². The van der Waals surface area contributed by atoms with Crippen molar-refractivity contribution in [3.05, 3.63) is 29.8 Å². The summed E-state index contributed by atoms with van der Waals surface area (Å²) in [5.41, 5.74) is -0.750. The van der Waals surface area contributed by atoms with Crippen LogP contribution >= 0.6 is 0 Å². The van der Waals surface area contributed by atoms with Crippen LogP contribution in [0.15, 0.2) is 24.3 Å². The third-order valence-corrected chi connectivity index (χ3v) is 5.32. The van der Waals surface area contributed by atoms with Gasteiger partial charge >= 0.3 is 18.3 Å². The van der Waals surface area contributed by atoms with Crippen LogP contribution in [0.3, 0.4) is 0 Å². The first-order chi connectivity index (χ1) is 12.5. The lowest BCUT2D eigenvalue weighted by Crippen LogP contribution is -2.42. The molecule has 0 atom stereocenters. The first-order valence-electron chi connectivity index (χ1n) is 8.99. The molecule has 0 saturated heterocycles. The Morgan fingerprint density at radius 2 is 1.70 bits per heavy atom. The number of unbranched alkanes of at least 4 members (excludes halogenated alkanes) is 1. The van der Waals surface area contributed by atoms with Crippen molar-refractivity contribution in [1.82, 2.24) is 0 Å². The van der Waals surface area contributed by atoms with E-state index in [4.69, 9.17) is 0 Å². The van der Waals surface area contributed by atoms with Crippen molar-refractivity contribution in [1.29, 1.82) is 0 Å². The van der Waals surface area contributed by atoms with Crippen LogP contribution in [0.1, 0.15) is 57.4 Å². The van der Waals surface area contributed by atoms with Gasteiger partial charge in [-0.2, -0.15) is 22.0 Å². The normalized spacial score (nSPS) is 23.9. The van der Waals surface area contributed by atoms with E-state index in [0.717, 1.165) is 44.2 Å². The van der Waals surface area contributed by atoms with E-state index < -0.39 is 29.4 Å². The number of carboxylic acid groups (broad SMARTS) is 1. The molecule has 1 aromatic rings. The molecule has 27 heavy (non-hydrogen) atoms. The van der Waals surface area contributed by atoms with Crippen LogP contribution in [-0.2, 0) is 10.2 Å². The van der Waals surface area contributed by atoms with Gasteiger partial charge in [0.2, 0.25) is 0 Å². The van der Waals surface area contributed by atoms with Gasteiger partial charge in [-0.05, 0) is 49.3 Å². The Morgan fingerprint density at radius 1 is 1.15 bits per heavy atom. The molecule has 0 aromatic heterocycles. The SMILES string of the molecule is CCCCC1CCC(C(=O)O)(c2ccc(OC(F)(F)C(F)(F)F)cc2)CC1. The van der Waals surface area contributed by atoms with E-state index in [0.29, 0.717) is 24.3 Å². The zero-order valence-electron chi connectivity index (χ0n) is 15.0. The average Bonchev–Trinajstić information content (AvgIpc) is 2.59. The first-order valence-corrected chi connectivity index (χ1v) is 8.99. The molecule has 1 N–H and O–H groups in total. The zero-order valence-corrected chi connectivity index (χ0v) is 15.0. The van der Waals surface area contributed by atoms with Gasteiger partial charge in [-0.25, -0.2) is 0 Å². The molecule has 1 aromatic carbocycles. The summed E-state index contributed by atoms with van der Waals surface area (Å²) in [4.78, 5) is 11.9. The highest BCUT2D eigenvalue weighted by Crippen LogP contribution is 2.44. The summed E-state index contributed by atoms with van der Waals surface area (Å²) in [6, 6.07) is 4.45. The van der Waals surface area contributed by atoms with E-state index >= 15 is 0 Å². The standard InChI is InChI=1S/C19H23F5O3/c1-2-3-4-13-9-11-17(12-10-13,16(25)26)14-5-7-15(8-6-14)27-19(23,24)18(20,21)22/h5-8,13H,2-4,9-12H2,1H3,(H,25,26). The molecule has 0 radical (unpaired) electrons. The predicted molar refractivity (Wildman–Crippen MR) is 88.9 cm³/mol. The van der Waals surface area contributed by atoms with Crippen LogP contribution in [0.2, 0.25) is 0 Å². The van der Waals surface area contributed by atoms with E-state index in [-0.39, 0.29) is 0 Å². The van der Waals surface area contributed by atoms with Gasteiger partial charge in [0.15, 0.2) is 0 Å². The molecule has 1 saturated carbocycles. The van der Waals surface area contributed by atoms with Crippen molar-refractivity contribution in [2.75, 3.05) is 0 Å². The van der Waals surface area contributed by atoms with Crippen molar-refractivity contribution >= 4 is 5.97 Å². The first kappa shape index (κ1) is 21.4. The number of halogens is 5. The van der Waals surface area contributed by atoms with Gasteiger partial charge < -0.3 is 9.84 Å². The number of benzene rings is 1. The number of hydrogen-bond acceptors (Lipinski definition) is 2. The predicted octanol–water partition coefficient (Wildman–Crippen LogP) is 5.92. The molecule has 8 heteroatoms. The fourth-order valence-electron chi connectivity index (χ4n) is 3.63. The minimum absolute atomic E-state index is 0.395. The fraction of sp³-hybridized carbons (Fsp3) is 0.632. The number of aliphatic carboxylic acids is 1.